The molecular formula is C12H20N2O3S2. The summed E-state index contributed by atoms with van der Waals surface area (Å²) in [5.74, 6) is 0.277. The third-order valence-corrected chi connectivity index (χ3v) is 5.37. The Bertz CT molecular complexity index is 574. The van der Waals surface area contributed by atoms with Crippen molar-refractivity contribution in [1.29, 1.82) is 0 Å². The van der Waals surface area contributed by atoms with Crippen molar-refractivity contribution in [3.05, 3.63) is 23.3 Å². The molecule has 0 heterocycles. The van der Waals surface area contributed by atoms with Gasteiger partial charge in [0, 0.05) is 34.5 Å². The molecule has 108 valence electrons. The predicted molar refractivity (Wildman–Crippen MR) is 79.0 cm³/mol. The number of rotatable bonds is 5. The highest BCUT2D eigenvalue weighted by Gasteiger charge is 2.19. The first-order chi connectivity index (χ1) is 8.63. The molecular weight excluding hydrogens is 284 g/mol. The van der Waals surface area contributed by atoms with E-state index in [-0.39, 0.29) is 10.6 Å². The summed E-state index contributed by atoms with van der Waals surface area (Å²) in [6.45, 7) is 5.34. The van der Waals surface area contributed by atoms with E-state index in [0.29, 0.717) is 5.69 Å². The van der Waals surface area contributed by atoms with E-state index in [1.807, 2.05) is 13.8 Å². The summed E-state index contributed by atoms with van der Waals surface area (Å²) in [5.41, 5.74) is 7.94. The fourth-order valence-corrected chi connectivity index (χ4v) is 3.98. The van der Waals surface area contributed by atoms with Gasteiger partial charge in [-0.1, -0.05) is 0 Å². The molecule has 19 heavy (non-hydrogen) atoms. The van der Waals surface area contributed by atoms with Crippen molar-refractivity contribution >= 4 is 26.5 Å². The second-order valence-corrected chi connectivity index (χ2v) is 7.91. The highest BCUT2D eigenvalue weighted by molar-refractivity contribution is 7.89. The van der Waals surface area contributed by atoms with Crippen LogP contribution in [0.1, 0.15) is 18.1 Å². The summed E-state index contributed by atoms with van der Waals surface area (Å²) in [7, 11) is -4.68. The summed E-state index contributed by atoms with van der Waals surface area (Å²) in [5, 5.41) is 0. The van der Waals surface area contributed by atoms with Crippen molar-refractivity contribution in [3.63, 3.8) is 0 Å². The van der Waals surface area contributed by atoms with Crippen molar-refractivity contribution in [2.75, 3.05) is 17.7 Å². The lowest BCUT2D eigenvalue weighted by molar-refractivity contribution is 0.570. The normalized spacial score (nSPS) is 15.2. The van der Waals surface area contributed by atoms with Crippen LogP contribution in [0.15, 0.2) is 17.0 Å². The largest absolute Gasteiger partial charge is 0.398 e. The van der Waals surface area contributed by atoms with Gasteiger partial charge in [-0.15, -0.1) is 0 Å². The predicted octanol–water partition coefficient (Wildman–Crippen LogP) is 0.931. The summed E-state index contributed by atoms with van der Waals surface area (Å²) in [6, 6.07) is 2.64. The molecule has 0 radical (unpaired) electrons. The Balaban J connectivity index is 3.04. The van der Waals surface area contributed by atoms with E-state index >= 15 is 0 Å². The number of nitrogens with two attached hydrogens (primary N) is 1. The van der Waals surface area contributed by atoms with Crippen LogP contribution in [-0.4, -0.2) is 30.7 Å². The maximum atomic E-state index is 12.2. The maximum absolute atomic E-state index is 12.2. The minimum Gasteiger partial charge on any atom is -0.398 e. The van der Waals surface area contributed by atoms with E-state index in [0.717, 1.165) is 11.1 Å². The minimum absolute atomic E-state index is 0.141. The number of anilines is 1. The van der Waals surface area contributed by atoms with Crippen molar-refractivity contribution in [3.8, 4) is 0 Å². The highest BCUT2D eigenvalue weighted by atomic mass is 32.2. The topological polar surface area (TPSA) is 89.3 Å². The minimum atomic E-state index is -3.63. The molecule has 1 aromatic rings. The number of benzene rings is 1. The first kappa shape index (κ1) is 16.1. The average Bonchev–Trinajstić information content (AvgIpc) is 2.22. The summed E-state index contributed by atoms with van der Waals surface area (Å²) >= 11 is 0. The van der Waals surface area contributed by atoms with Crippen LogP contribution in [0.25, 0.3) is 0 Å². The van der Waals surface area contributed by atoms with Crippen molar-refractivity contribution < 1.29 is 12.6 Å². The fourth-order valence-electron chi connectivity index (χ4n) is 1.73. The van der Waals surface area contributed by atoms with Gasteiger partial charge in [0.25, 0.3) is 0 Å². The molecule has 0 saturated heterocycles. The Labute approximate surface area is 117 Å². The van der Waals surface area contributed by atoms with Gasteiger partial charge in [0.2, 0.25) is 10.0 Å². The van der Waals surface area contributed by atoms with E-state index in [1.165, 1.54) is 6.07 Å². The van der Waals surface area contributed by atoms with E-state index in [9.17, 15) is 12.6 Å². The van der Waals surface area contributed by atoms with Crippen LogP contribution >= 0.6 is 0 Å². The van der Waals surface area contributed by atoms with E-state index in [2.05, 4.69) is 4.72 Å². The van der Waals surface area contributed by atoms with Gasteiger partial charge in [-0.25, -0.2) is 13.1 Å². The number of hydrogen-bond donors (Lipinski definition) is 2. The zero-order chi connectivity index (χ0) is 14.8. The number of nitrogen functional groups attached to an aromatic ring is 1. The van der Waals surface area contributed by atoms with Crippen LogP contribution in [0.4, 0.5) is 5.69 Å². The maximum Gasteiger partial charge on any atom is 0.240 e. The van der Waals surface area contributed by atoms with Crippen LogP contribution in [0.5, 0.6) is 0 Å². The first-order valence-electron chi connectivity index (χ1n) is 5.82. The zero-order valence-corrected chi connectivity index (χ0v) is 13.2. The molecule has 0 aliphatic rings. The van der Waals surface area contributed by atoms with Crippen LogP contribution < -0.4 is 10.5 Å². The Hall–Kier alpha value is -0.920. The Morgan fingerprint density at radius 3 is 2.42 bits per heavy atom. The van der Waals surface area contributed by atoms with Gasteiger partial charge in [-0.3, -0.25) is 4.21 Å². The Morgan fingerprint density at radius 1 is 1.37 bits per heavy atom. The lowest BCUT2D eigenvalue weighted by Crippen LogP contribution is -2.36. The Morgan fingerprint density at radius 2 is 1.95 bits per heavy atom. The second-order valence-electron chi connectivity index (χ2n) is 4.72. The highest BCUT2D eigenvalue weighted by Crippen LogP contribution is 2.21. The molecule has 5 nitrogen and oxygen atoms in total. The van der Waals surface area contributed by atoms with Crippen molar-refractivity contribution in [2.45, 2.75) is 31.7 Å². The molecule has 0 aliphatic carbocycles. The van der Waals surface area contributed by atoms with Gasteiger partial charge in [0.05, 0.1) is 4.90 Å². The molecule has 3 N–H and O–H groups in total. The molecule has 0 bridgehead atoms. The van der Waals surface area contributed by atoms with Gasteiger partial charge in [0.1, 0.15) is 0 Å². The molecule has 2 atom stereocenters. The number of aryl methyl sites for hydroxylation is 1. The zero-order valence-electron chi connectivity index (χ0n) is 11.6. The van der Waals surface area contributed by atoms with Gasteiger partial charge >= 0.3 is 0 Å². The molecule has 0 aromatic heterocycles. The van der Waals surface area contributed by atoms with Gasteiger partial charge in [-0.2, -0.15) is 0 Å². The lowest BCUT2D eigenvalue weighted by Gasteiger charge is -2.14. The number of sulfonamides is 1. The molecule has 0 saturated carbocycles. The van der Waals surface area contributed by atoms with Crippen molar-refractivity contribution in [1.82, 2.24) is 4.72 Å². The summed E-state index contributed by atoms with van der Waals surface area (Å²) in [4.78, 5) is 0.141. The molecule has 0 spiro atoms. The van der Waals surface area contributed by atoms with E-state index < -0.39 is 26.9 Å². The monoisotopic (exact) mass is 304 g/mol. The van der Waals surface area contributed by atoms with Gasteiger partial charge < -0.3 is 5.73 Å². The number of hydrogen-bond acceptors (Lipinski definition) is 4. The SMILES string of the molecule is Cc1cc(S(=O)(=O)NC(C)CS(C)=O)cc(N)c1C. The molecule has 2 unspecified atom stereocenters. The van der Waals surface area contributed by atoms with Gasteiger partial charge in [-0.05, 0) is 44.0 Å². The first-order valence-corrected chi connectivity index (χ1v) is 9.03. The number of nitrogens with one attached hydrogen (secondary N) is 1. The fraction of sp³-hybridized carbons (Fsp3) is 0.500. The summed E-state index contributed by atoms with van der Waals surface area (Å²) < 4.78 is 37.9. The second kappa shape index (κ2) is 6.02. The molecule has 0 aliphatic heterocycles. The Kier molecular flexibility index (Phi) is 5.11. The average molecular weight is 304 g/mol. The third kappa shape index (κ3) is 4.29. The van der Waals surface area contributed by atoms with Crippen LogP contribution in [0.3, 0.4) is 0 Å². The van der Waals surface area contributed by atoms with Crippen molar-refractivity contribution in [2.24, 2.45) is 0 Å². The molecule has 7 heteroatoms. The van der Waals surface area contributed by atoms with Crippen LogP contribution in [0.2, 0.25) is 0 Å². The standard InChI is InChI=1S/C12H20N2O3S2/c1-8-5-11(6-12(13)10(8)3)19(16,17)14-9(2)7-18(4)15/h5-6,9,14H,7,13H2,1-4H3. The molecule has 0 amide bonds. The molecule has 1 rings (SSSR count). The van der Waals surface area contributed by atoms with Crippen LogP contribution in [0, 0.1) is 13.8 Å². The third-order valence-electron chi connectivity index (χ3n) is 2.83. The quantitative estimate of drug-likeness (QED) is 0.792. The molecule has 1 aromatic carbocycles. The van der Waals surface area contributed by atoms with E-state index in [4.69, 9.17) is 5.73 Å². The summed E-state index contributed by atoms with van der Waals surface area (Å²) in [6.07, 6.45) is 1.54. The molecule has 0 fully saturated rings. The van der Waals surface area contributed by atoms with Gasteiger partial charge in [0.15, 0.2) is 0 Å². The van der Waals surface area contributed by atoms with E-state index in [1.54, 1.807) is 19.2 Å². The van der Waals surface area contributed by atoms with Crippen LogP contribution in [-0.2, 0) is 20.8 Å². The lowest BCUT2D eigenvalue weighted by atomic mass is 10.1. The smallest absolute Gasteiger partial charge is 0.240 e.